The summed E-state index contributed by atoms with van der Waals surface area (Å²) in [5, 5.41) is 0.936. The highest BCUT2D eigenvalue weighted by Crippen LogP contribution is 2.25. The summed E-state index contributed by atoms with van der Waals surface area (Å²) in [6.07, 6.45) is 4.81. The number of aromatic nitrogens is 1. The molecule has 3 nitrogen and oxygen atoms in total. The van der Waals surface area contributed by atoms with Gasteiger partial charge < -0.3 is 9.72 Å². The Morgan fingerprint density at radius 2 is 1.92 bits per heavy atom. The molecule has 0 atom stereocenters. The minimum atomic E-state index is -0.649. The Balaban J connectivity index is 1.61. The maximum absolute atomic E-state index is 14.9. The van der Waals surface area contributed by atoms with Crippen molar-refractivity contribution >= 4 is 6.08 Å². The Morgan fingerprint density at radius 3 is 2.77 bits per heavy atom. The molecule has 2 heterocycles. The summed E-state index contributed by atoms with van der Waals surface area (Å²) in [7, 11) is 0. The lowest BCUT2D eigenvalue weighted by molar-refractivity contribution is 0.288. The number of rotatable bonds is 5. The van der Waals surface area contributed by atoms with E-state index in [-0.39, 0.29) is 24.3 Å². The summed E-state index contributed by atoms with van der Waals surface area (Å²) in [4.78, 5) is 7.45. The van der Waals surface area contributed by atoms with Crippen LogP contribution < -0.4 is 15.4 Å². The molecule has 0 spiro atoms. The number of benzene rings is 2. The van der Waals surface area contributed by atoms with E-state index in [1.165, 1.54) is 12.1 Å². The summed E-state index contributed by atoms with van der Waals surface area (Å²) in [5.74, 6) is -1.16. The monoisotopic (exact) mass is 352 g/mol. The molecule has 1 aromatic heterocycles. The number of hydrogen-bond donors (Lipinski definition) is 1. The number of nitrogens with one attached hydrogen (secondary N) is 1. The largest absolute Gasteiger partial charge is 0.486 e. The van der Waals surface area contributed by atoms with E-state index in [4.69, 9.17) is 4.74 Å². The maximum Gasteiger partial charge on any atom is 0.171 e. The predicted octanol–water partition coefficient (Wildman–Crippen LogP) is 3.27. The lowest BCUT2D eigenvalue weighted by atomic mass is 10.0. The van der Waals surface area contributed by atoms with Gasteiger partial charge in [0.05, 0.1) is 0 Å². The third-order valence-electron chi connectivity index (χ3n) is 4.49. The predicted molar refractivity (Wildman–Crippen MR) is 95.5 cm³/mol. The van der Waals surface area contributed by atoms with Crippen molar-refractivity contribution < 1.29 is 13.5 Å². The summed E-state index contributed by atoms with van der Waals surface area (Å²) < 4.78 is 34.7. The molecule has 0 amide bonds. The average Bonchev–Trinajstić information content (AvgIpc) is 3.08. The van der Waals surface area contributed by atoms with Crippen molar-refractivity contribution in [2.24, 2.45) is 4.99 Å². The van der Waals surface area contributed by atoms with Gasteiger partial charge in [0.15, 0.2) is 11.6 Å². The van der Waals surface area contributed by atoms with Crippen LogP contribution in [0.15, 0.2) is 53.7 Å². The average molecular weight is 352 g/mol. The van der Waals surface area contributed by atoms with E-state index in [0.717, 1.165) is 34.8 Å². The molecule has 0 radical (unpaired) electrons. The minimum Gasteiger partial charge on any atom is -0.486 e. The van der Waals surface area contributed by atoms with E-state index in [2.05, 4.69) is 16.1 Å². The van der Waals surface area contributed by atoms with Crippen molar-refractivity contribution in [2.45, 2.75) is 19.4 Å². The zero-order valence-corrected chi connectivity index (χ0v) is 14.1. The molecule has 3 aromatic rings. The summed E-state index contributed by atoms with van der Waals surface area (Å²) in [6, 6.07) is 12.1. The molecule has 0 bridgehead atoms. The maximum atomic E-state index is 14.9. The van der Waals surface area contributed by atoms with Crippen molar-refractivity contribution in [3.05, 3.63) is 87.7 Å². The molecule has 132 valence electrons. The van der Waals surface area contributed by atoms with Crippen molar-refractivity contribution in [1.82, 2.24) is 4.98 Å². The molecule has 1 N–H and O–H groups in total. The standard InChI is InChI=1S/C21H18F2N2O/c22-18-8-9-19(26-13-14-5-2-1-3-6-14)20(23)17(18)11-15-12-25-21-16(15)7-4-10-24-21/h1-3,5-9,12H,4,10-11,13H2,(H,24,25). The second kappa shape index (κ2) is 7.12. The highest BCUT2D eigenvalue weighted by atomic mass is 19.1. The first-order valence-electron chi connectivity index (χ1n) is 8.57. The number of nitrogens with zero attached hydrogens (tertiary/aromatic N) is 1. The van der Waals surface area contributed by atoms with E-state index < -0.39 is 11.6 Å². The van der Waals surface area contributed by atoms with Gasteiger partial charge in [-0.25, -0.2) is 8.78 Å². The number of hydrogen-bond acceptors (Lipinski definition) is 2. The minimum absolute atomic E-state index is 0.0105. The van der Waals surface area contributed by atoms with E-state index in [9.17, 15) is 8.78 Å². The van der Waals surface area contributed by atoms with Gasteiger partial charge in [-0.15, -0.1) is 0 Å². The van der Waals surface area contributed by atoms with Gasteiger partial charge in [-0.1, -0.05) is 36.4 Å². The van der Waals surface area contributed by atoms with Crippen LogP contribution in [0.2, 0.25) is 0 Å². The van der Waals surface area contributed by atoms with Gasteiger partial charge in [-0.2, -0.15) is 0 Å². The molecule has 5 heteroatoms. The van der Waals surface area contributed by atoms with Crippen LogP contribution in [0.5, 0.6) is 5.75 Å². The first-order valence-corrected chi connectivity index (χ1v) is 8.57. The van der Waals surface area contributed by atoms with E-state index in [0.29, 0.717) is 0 Å². The molecule has 0 fully saturated rings. The molecule has 4 rings (SSSR count). The molecule has 26 heavy (non-hydrogen) atoms. The zero-order chi connectivity index (χ0) is 17.9. The second-order valence-electron chi connectivity index (χ2n) is 6.24. The van der Waals surface area contributed by atoms with Gasteiger partial charge in [0.1, 0.15) is 17.9 Å². The van der Waals surface area contributed by atoms with Crippen LogP contribution in [0.25, 0.3) is 6.08 Å². The Bertz CT molecular complexity index is 1040. The zero-order valence-electron chi connectivity index (χ0n) is 14.1. The van der Waals surface area contributed by atoms with Gasteiger partial charge in [0.2, 0.25) is 0 Å². The lowest BCUT2D eigenvalue weighted by Crippen LogP contribution is -2.28. The molecule has 0 unspecified atom stereocenters. The van der Waals surface area contributed by atoms with Gasteiger partial charge in [0, 0.05) is 29.9 Å². The molecule has 0 saturated heterocycles. The van der Waals surface area contributed by atoms with Crippen LogP contribution in [0.1, 0.15) is 23.1 Å². The van der Waals surface area contributed by atoms with E-state index in [1.807, 2.05) is 30.3 Å². The molecule has 1 aliphatic heterocycles. The van der Waals surface area contributed by atoms with Crippen LogP contribution in [0, 0.1) is 11.6 Å². The summed E-state index contributed by atoms with van der Waals surface area (Å²) in [5.41, 5.74) is 2.55. The van der Waals surface area contributed by atoms with Crippen molar-refractivity contribution in [1.29, 1.82) is 0 Å². The molecular formula is C21H18F2N2O. The van der Waals surface area contributed by atoms with Gasteiger partial charge in [-0.3, -0.25) is 4.99 Å². The molecule has 1 aliphatic rings. The molecular weight excluding hydrogens is 334 g/mol. The summed E-state index contributed by atoms with van der Waals surface area (Å²) in [6.45, 7) is 0.966. The highest BCUT2D eigenvalue weighted by Gasteiger charge is 2.17. The van der Waals surface area contributed by atoms with Crippen LogP contribution >= 0.6 is 0 Å². The first-order chi connectivity index (χ1) is 12.7. The molecule has 2 aromatic carbocycles. The first kappa shape index (κ1) is 16.5. The number of H-pyrrole nitrogens is 1. The van der Waals surface area contributed by atoms with Crippen molar-refractivity contribution in [2.75, 3.05) is 6.54 Å². The Morgan fingerprint density at radius 1 is 1.08 bits per heavy atom. The van der Waals surface area contributed by atoms with Crippen molar-refractivity contribution in [3.63, 3.8) is 0 Å². The number of halogens is 2. The number of aromatic amines is 1. The molecule has 0 aliphatic carbocycles. The van der Waals surface area contributed by atoms with Crippen LogP contribution in [0.3, 0.4) is 0 Å². The van der Waals surface area contributed by atoms with Crippen molar-refractivity contribution in [3.8, 4) is 5.75 Å². The van der Waals surface area contributed by atoms with Gasteiger partial charge >= 0.3 is 0 Å². The Kier molecular flexibility index (Phi) is 4.52. The van der Waals surface area contributed by atoms with E-state index in [1.54, 1.807) is 6.20 Å². The van der Waals surface area contributed by atoms with Gasteiger partial charge in [-0.05, 0) is 29.7 Å². The van der Waals surface area contributed by atoms with E-state index >= 15 is 0 Å². The normalized spacial score (nSPS) is 12.8. The Labute approximate surface area is 149 Å². The second-order valence-corrected chi connectivity index (χ2v) is 6.24. The van der Waals surface area contributed by atoms with Crippen LogP contribution in [0.4, 0.5) is 8.78 Å². The highest BCUT2D eigenvalue weighted by molar-refractivity contribution is 5.38. The fourth-order valence-corrected chi connectivity index (χ4v) is 3.13. The lowest BCUT2D eigenvalue weighted by Gasteiger charge is -2.11. The summed E-state index contributed by atoms with van der Waals surface area (Å²) >= 11 is 0. The topological polar surface area (TPSA) is 37.4 Å². The van der Waals surface area contributed by atoms with Crippen LogP contribution in [-0.4, -0.2) is 11.5 Å². The van der Waals surface area contributed by atoms with Gasteiger partial charge in [0.25, 0.3) is 0 Å². The SMILES string of the molecule is Fc1ccc(OCc2ccccc2)c(F)c1Cc1c[nH]c2c1=CCCN=2. The quantitative estimate of drug-likeness (QED) is 0.752. The van der Waals surface area contributed by atoms with Crippen LogP contribution in [-0.2, 0) is 13.0 Å². The molecule has 0 saturated carbocycles. The number of ether oxygens (including phenoxy) is 1. The smallest absolute Gasteiger partial charge is 0.171 e. The number of fused-ring (bicyclic) bond motifs is 1. The Hall–Kier alpha value is -2.95. The third kappa shape index (κ3) is 3.25. The third-order valence-corrected chi connectivity index (χ3v) is 4.49. The fraction of sp³-hybridized carbons (Fsp3) is 0.190. The fourth-order valence-electron chi connectivity index (χ4n) is 3.13.